The van der Waals surface area contributed by atoms with Gasteiger partial charge in [0, 0.05) is 13.1 Å². The van der Waals surface area contributed by atoms with E-state index in [9.17, 15) is 14.4 Å². The highest BCUT2D eigenvalue weighted by molar-refractivity contribution is 5.87. The Kier molecular flexibility index (Phi) is 13.2. The van der Waals surface area contributed by atoms with Crippen molar-refractivity contribution >= 4 is 17.9 Å². The average Bonchev–Trinajstić information content (AvgIpc) is 3.90. The van der Waals surface area contributed by atoms with E-state index in [4.69, 9.17) is 20.2 Å². The molecule has 0 unspecified atom stereocenters. The largest absolute Gasteiger partial charge is 0.494 e. The Balaban J connectivity index is 0.986. The number of likely N-dealkylation sites (tertiary alicyclic amines) is 1. The normalized spacial score (nSPS) is 15.1. The maximum absolute atomic E-state index is 14.1. The molecule has 292 valence electrons. The van der Waals surface area contributed by atoms with Crippen molar-refractivity contribution in [3.63, 3.8) is 0 Å². The van der Waals surface area contributed by atoms with E-state index in [0.29, 0.717) is 31.1 Å². The zero-order valence-corrected chi connectivity index (χ0v) is 32.4. The van der Waals surface area contributed by atoms with Gasteiger partial charge in [0.05, 0.1) is 24.5 Å². The van der Waals surface area contributed by atoms with Crippen LogP contribution in [-0.4, -0.2) is 58.1 Å². The van der Waals surface area contributed by atoms with Crippen molar-refractivity contribution < 1.29 is 23.9 Å². The minimum atomic E-state index is -0.891. The molecular formula is C45H52N6O5. The number of H-pyrrole nitrogens is 1. The molecule has 2 heterocycles. The predicted octanol–water partition coefficient (Wildman–Crippen LogP) is 8.04. The number of carbonyl (C=O) groups excluding carboxylic acids is 3. The minimum absolute atomic E-state index is 0.163. The van der Waals surface area contributed by atoms with E-state index in [0.717, 1.165) is 65.8 Å². The Morgan fingerprint density at radius 3 is 2.12 bits per heavy atom. The standard InChI is InChI=1S/C45H52N6O5/c1-45(2,3)56-44(54)50-40(35-16-9-5-10-17-35)43(53)51-28-13-18-38(51)41-48-30-37(49-41)33-21-19-31(20-22-33)32-23-25-36(26-24-32)55-29-12-6-11-27-47-42(52)39(46)34-14-7-4-8-15-34/h4-5,7-10,14-17,19-26,30,38-40H,6,11-13,18,27-29,46H2,1-3H3,(H,47,52)(H,48,49)(H,50,54)/t38-,39+,40+/m0/s1. The SMILES string of the molecule is CC(C)(C)OC(=O)N[C@@H](C(=O)N1CCC[C@H]1c1ncc(-c2ccc(-c3ccc(OCCCCCNC(=O)[C@H](N)c4ccccc4)cc3)cc2)[nH]1)c1ccccc1. The third-order valence-electron chi connectivity index (χ3n) is 9.70. The molecule has 1 saturated heterocycles. The summed E-state index contributed by atoms with van der Waals surface area (Å²) in [6, 6.07) is 33.2. The van der Waals surface area contributed by atoms with Gasteiger partial charge >= 0.3 is 6.09 Å². The third kappa shape index (κ3) is 10.6. The zero-order valence-electron chi connectivity index (χ0n) is 32.4. The summed E-state index contributed by atoms with van der Waals surface area (Å²) in [5.41, 5.74) is 10.8. The Bertz CT molecular complexity index is 2030. The van der Waals surface area contributed by atoms with Crippen LogP contribution >= 0.6 is 0 Å². The molecule has 6 rings (SSSR count). The number of rotatable bonds is 15. The number of nitrogens with zero attached hydrogens (tertiary/aromatic N) is 2. The summed E-state index contributed by atoms with van der Waals surface area (Å²) in [6.07, 6.45) is 5.42. The summed E-state index contributed by atoms with van der Waals surface area (Å²) in [7, 11) is 0. The molecule has 11 nitrogen and oxygen atoms in total. The van der Waals surface area contributed by atoms with Crippen molar-refractivity contribution in [1.29, 1.82) is 0 Å². The van der Waals surface area contributed by atoms with Gasteiger partial charge in [0.1, 0.15) is 29.3 Å². The maximum atomic E-state index is 14.1. The number of benzene rings is 4. The predicted molar refractivity (Wildman–Crippen MR) is 217 cm³/mol. The Hall–Kier alpha value is -5.94. The lowest BCUT2D eigenvalue weighted by molar-refractivity contribution is -0.134. The highest BCUT2D eigenvalue weighted by Crippen LogP contribution is 2.34. The quantitative estimate of drug-likeness (QED) is 0.0790. The van der Waals surface area contributed by atoms with Gasteiger partial charge in [-0.05, 0) is 92.8 Å². The average molecular weight is 757 g/mol. The minimum Gasteiger partial charge on any atom is -0.494 e. The van der Waals surface area contributed by atoms with Gasteiger partial charge in [0.25, 0.3) is 5.91 Å². The summed E-state index contributed by atoms with van der Waals surface area (Å²) in [5.74, 6) is 1.16. The monoisotopic (exact) mass is 756 g/mol. The first-order valence-corrected chi connectivity index (χ1v) is 19.4. The lowest BCUT2D eigenvalue weighted by Gasteiger charge is -2.29. The molecule has 0 saturated carbocycles. The van der Waals surface area contributed by atoms with Crippen molar-refractivity contribution in [2.45, 2.75) is 76.6 Å². The van der Waals surface area contributed by atoms with Crippen LogP contribution in [-0.2, 0) is 14.3 Å². The first-order valence-electron chi connectivity index (χ1n) is 19.4. The van der Waals surface area contributed by atoms with E-state index < -0.39 is 23.8 Å². The number of imidazole rings is 1. The molecule has 5 aromatic rings. The summed E-state index contributed by atoms with van der Waals surface area (Å²) in [6.45, 7) is 7.12. The number of nitrogens with one attached hydrogen (secondary N) is 3. The first-order chi connectivity index (χ1) is 27.1. The molecular weight excluding hydrogens is 705 g/mol. The van der Waals surface area contributed by atoms with Crippen LogP contribution in [0.15, 0.2) is 115 Å². The smallest absolute Gasteiger partial charge is 0.408 e. The van der Waals surface area contributed by atoms with Crippen LogP contribution in [0.4, 0.5) is 4.79 Å². The lowest BCUT2D eigenvalue weighted by atomic mass is 10.0. The van der Waals surface area contributed by atoms with Crippen molar-refractivity contribution in [3.8, 4) is 28.1 Å². The van der Waals surface area contributed by atoms with Crippen LogP contribution < -0.4 is 21.1 Å². The number of hydrogen-bond acceptors (Lipinski definition) is 7. The summed E-state index contributed by atoms with van der Waals surface area (Å²) in [5, 5.41) is 5.74. The van der Waals surface area contributed by atoms with E-state index in [1.807, 2.05) is 79.0 Å². The zero-order chi connectivity index (χ0) is 39.5. The van der Waals surface area contributed by atoms with Gasteiger partial charge in [-0.2, -0.15) is 0 Å². The van der Waals surface area contributed by atoms with Gasteiger partial charge in [-0.15, -0.1) is 0 Å². The molecule has 3 amide bonds. The molecule has 1 aliphatic rings. The molecule has 1 fully saturated rings. The molecule has 0 aliphatic carbocycles. The number of alkyl carbamates (subject to hydrolysis) is 1. The van der Waals surface area contributed by atoms with Crippen molar-refractivity contribution in [2.75, 3.05) is 19.7 Å². The van der Waals surface area contributed by atoms with Crippen molar-refractivity contribution in [3.05, 3.63) is 132 Å². The van der Waals surface area contributed by atoms with E-state index in [-0.39, 0.29) is 17.9 Å². The second-order valence-electron chi connectivity index (χ2n) is 15.1. The van der Waals surface area contributed by atoms with Crippen LogP contribution in [0.5, 0.6) is 5.75 Å². The lowest BCUT2D eigenvalue weighted by Crippen LogP contribution is -2.44. The maximum Gasteiger partial charge on any atom is 0.408 e. The first kappa shape index (κ1) is 39.7. The Morgan fingerprint density at radius 1 is 0.839 bits per heavy atom. The van der Waals surface area contributed by atoms with E-state index >= 15 is 0 Å². The topological polar surface area (TPSA) is 152 Å². The summed E-state index contributed by atoms with van der Waals surface area (Å²) >= 11 is 0. The molecule has 5 N–H and O–H groups in total. The van der Waals surface area contributed by atoms with Gasteiger partial charge < -0.3 is 35.7 Å². The summed E-state index contributed by atoms with van der Waals surface area (Å²) < 4.78 is 11.5. The Morgan fingerprint density at radius 2 is 1.46 bits per heavy atom. The molecule has 11 heteroatoms. The molecule has 0 bridgehead atoms. The number of amides is 3. The van der Waals surface area contributed by atoms with Crippen LogP contribution in [0.1, 0.15) is 88.0 Å². The van der Waals surface area contributed by atoms with Crippen LogP contribution in [0.25, 0.3) is 22.4 Å². The number of unbranched alkanes of at least 4 members (excludes halogenated alkanes) is 2. The molecule has 4 aromatic carbocycles. The molecule has 1 aromatic heterocycles. The fraction of sp³-hybridized carbons (Fsp3) is 0.333. The fourth-order valence-electron chi connectivity index (χ4n) is 6.80. The van der Waals surface area contributed by atoms with E-state index in [1.54, 1.807) is 25.7 Å². The van der Waals surface area contributed by atoms with Gasteiger partial charge in [-0.1, -0.05) is 97.1 Å². The molecule has 0 radical (unpaired) electrons. The number of aromatic nitrogens is 2. The van der Waals surface area contributed by atoms with Gasteiger partial charge in [0.2, 0.25) is 5.91 Å². The van der Waals surface area contributed by atoms with Gasteiger partial charge in [0.15, 0.2) is 0 Å². The number of nitrogens with two attached hydrogens (primary N) is 1. The van der Waals surface area contributed by atoms with E-state index in [1.165, 1.54) is 0 Å². The molecule has 0 spiro atoms. The van der Waals surface area contributed by atoms with E-state index in [2.05, 4.69) is 52.0 Å². The highest BCUT2D eigenvalue weighted by atomic mass is 16.6. The van der Waals surface area contributed by atoms with Gasteiger partial charge in [-0.25, -0.2) is 9.78 Å². The highest BCUT2D eigenvalue weighted by Gasteiger charge is 2.37. The second-order valence-corrected chi connectivity index (χ2v) is 15.1. The fourth-order valence-corrected chi connectivity index (χ4v) is 6.80. The van der Waals surface area contributed by atoms with Gasteiger partial charge in [-0.3, -0.25) is 9.59 Å². The molecule has 56 heavy (non-hydrogen) atoms. The number of carbonyl (C=O) groups is 3. The van der Waals surface area contributed by atoms with Crippen LogP contribution in [0.2, 0.25) is 0 Å². The van der Waals surface area contributed by atoms with Crippen LogP contribution in [0, 0.1) is 0 Å². The molecule has 3 atom stereocenters. The summed E-state index contributed by atoms with van der Waals surface area (Å²) in [4.78, 5) is 49.2. The third-order valence-corrected chi connectivity index (χ3v) is 9.70. The van der Waals surface area contributed by atoms with Crippen molar-refractivity contribution in [2.24, 2.45) is 5.73 Å². The number of aromatic amines is 1. The van der Waals surface area contributed by atoms with Crippen LogP contribution in [0.3, 0.4) is 0 Å². The second kappa shape index (κ2) is 18.6. The Labute approximate surface area is 329 Å². The number of hydrogen-bond donors (Lipinski definition) is 4. The molecule has 1 aliphatic heterocycles. The number of ether oxygens (including phenoxy) is 2. The van der Waals surface area contributed by atoms with Crippen molar-refractivity contribution in [1.82, 2.24) is 25.5 Å².